The number of aryl methyl sites for hydroxylation is 1. The number of nitrogens with one attached hydrogen (secondary N) is 1. The molecule has 0 radical (unpaired) electrons. The average molecular weight is 234 g/mol. The minimum absolute atomic E-state index is 0.231. The van der Waals surface area contributed by atoms with E-state index >= 15 is 0 Å². The van der Waals surface area contributed by atoms with Gasteiger partial charge in [-0.25, -0.2) is 14.8 Å². The molecule has 17 heavy (non-hydrogen) atoms. The molecule has 1 aromatic heterocycles. The molecule has 0 saturated heterocycles. The number of benzene rings is 1. The van der Waals surface area contributed by atoms with Crippen LogP contribution in [-0.4, -0.2) is 9.55 Å². The molecule has 90 valence electrons. The first-order valence-electron chi connectivity index (χ1n) is 5.49. The smallest absolute Gasteiger partial charge is 0.131 e. The molecule has 0 saturated carbocycles. The van der Waals surface area contributed by atoms with Crippen molar-refractivity contribution in [2.45, 2.75) is 19.5 Å². The highest BCUT2D eigenvalue weighted by Gasteiger charge is 2.17. The Morgan fingerprint density at radius 2 is 2.12 bits per heavy atom. The Morgan fingerprint density at radius 1 is 1.41 bits per heavy atom. The zero-order valence-corrected chi connectivity index (χ0v) is 9.60. The molecule has 4 nitrogen and oxygen atoms in total. The van der Waals surface area contributed by atoms with Gasteiger partial charge in [0.25, 0.3) is 0 Å². The Balaban J connectivity index is 2.36. The van der Waals surface area contributed by atoms with E-state index in [4.69, 9.17) is 5.84 Å². The molecule has 0 aliphatic heterocycles. The molecule has 0 bridgehead atoms. The van der Waals surface area contributed by atoms with Gasteiger partial charge < -0.3 is 4.57 Å². The molecule has 0 amide bonds. The highest BCUT2D eigenvalue weighted by atomic mass is 19.1. The fourth-order valence-corrected chi connectivity index (χ4v) is 1.82. The second kappa shape index (κ2) is 5.07. The predicted molar refractivity (Wildman–Crippen MR) is 63.5 cm³/mol. The van der Waals surface area contributed by atoms with Crippen LogP contribution in [0.4, 0.5) is 4.39 Å². The zero-order valence-electron chi connectivity index (χ0n) is 9.60. The SMILES string of the molecule is CCn1ccnc1C(NN)c1ccc(F)cc1. The summed E-state index contributed by atoms with van der Waals surface area (Å²) in [4.78, 5) is 4.28. The first kappa shape index (κ1) is 11.8. The number of hydrogen-bond acceptors (Lipinski definition) is 3. The van der Waals surface area contributed by atoms with Crippen LogP contribution >= 0.6 is 0 Å². The van der Waals surface area contributed by atoms with Gasteiger partial charge in [-0.3, -0.25) is 5.84 Å². The van der Waals surface area contributed by atoms with Crippen LogP contribution in [0, 0.1) is 5.82 Å². The summed E-state index contributed by atoms with van der Waals surface area (Å²) in [7, 11) is 0. The van der Waals surface area contributed by atoms with Crippen LogP contribution in [0.25, 0.3) is 0 Å². The predicted octanol–water partition coefficient (Wildman–Crippen LogP) is 1.59. The van der Waals surface area contributed by atoms with Crippen LogP contribution in [0.5, 0.6) is 0 Å². The average Bonchev–Trinajstić information content (AvgIpc) is 2.81. The van der Waals surface area contributed by atoms with E-state index in [2.05, 4.69) is 10.4 Å². The van der Waals surface area contributed by atoms with Crippen LogP contribution in [-0.2, 0) is 6.54 Å². The Kier molecular flexibility index (Phi) is 3.51. The van der Waals surface area contributed by atoms with Crippen molar-refractivity contribution in [1.29, 1.82) is 0 Å². The minimum atomic E-state index is -0.261. The van der Waals surface area contributed by atoms with Gasteiger partial charge in [0, 0.05) is 18.9 Å². The lowest BCUT2D eigenvalue weighted by atomic mass is 10.1. The Bertz CT molecular complexity index is 478. The number of hydrogen-bond donors (Lipinski definition) is 2. The van der Waals surface area contributed by atoms with Gasteiger partial charge >= 0.3 is 0 Å². The second-order valence-electron chi connectivity index (χ2n) is 3.72. The molecule has 0 spiro atoms. The first-order valence-corrected chi connectivity index (χ1v) is 5.49. The Hall–Kier alpha value is -1.72. The first-order chi connectivity index (χ1) is 8.26. The van der Waals surface area contributed by atoms with Gasteiger partial charge in [-0.2, -0.15) is 0 Å². The third-order valence-electron chi connectivity index (χ3n) is 2.72. The molecular weight excluding hydrogens is 219 g/mol. The number of hydrazine groups is 1. The van der Waals surface area contributed by atoms with E-state index in [0.29, 0.717) is 0 Å². The van der Waals surface area contributed by atoms with Crippen LogP contribution < -0.4 is 11.3 Å². The second-order valence-corrected chi connectivity index (χ2v) is 3.72. The highest BCUT2D eigenvalue weighted by Crippen LogP contribution is 2.20. The van der Waals surface area contributed by atoms with Crippen molar-refractivity contribution in [2.75, 3.05) is 0 Å². The molecule has 1 aromatic carbocycles. The molecule has 0 aliphatic rings. The van der Waals surface area contributed by atoms with Gasteiger partial charge in [0.15, 0.2) is 0 Å². The molecule has 5 heteroatoms. The quantitative estimate of drug-likeness (QED) is 0.624. The van der Waals surface area contributed by atoms with Gasteiger partial charge in [-0.15, -0.1) is 0 Å². The standard InChI is InChI=1S/C12H15FN4/c1-2-17-8-7-15-12(17)11(16-14)9-3-5-10(13)6-4-9/h3-8,11,16H,2,14H2,1H3. The molecule has 0 fully saturated rings. The van der Waals surface area contributed by atoms with Gasteiger partial charge in [0.05, 0.1) is 0 Å². The number of rotatable bonds is 4. The lowest BCUT2D eigenvalue weighted by Crippen LogP contribution is -2.31. The van der Waals surface area contributed by atoms with E-state index in [-0.39, 0.29) is 11.9 Å². The third kappa shape index (κ3) is 2.35. The topological polar surface area (TPSA) is 55.9 Å². The summed E-state index contributed by atoms with van der Waals surface area (Å²) in [6.07, 6.45) is 3.62. The van der Waals surface area contributed by atoms with E-state index in [9.17, 15) is 4.39 Å². The van der Waals surface area contributed by atoms with Gasteiger partial charge in [-0.1, -0.05) is 12.1 Å². The largest absolute Gasteiger partial charge is 0.334 e. The van der Waals surface area contributed by atoms with Gasteiger partial charge in [0.1, 0.15) is 17.7 Å². The molecule has 0 aliphatic carbocycles. The van der Waals surface area contributed by atoms with Crippen molar-refractivity contribution in [3.05, 3.63) is 53.9 Å². The summed E-state index contributed by atoms with van der Waals surface area (Å²) in [5.74, 6) is 6.12. The van der Waals surface area contributed by atoms with E-state index in [1.54, 1.807) is 18.3 Å². The minimum Gasteiger partial charge on any atom is -0.334 e. The maximum atomic E-state index is 12.9. The van der Waals surface area contributed by atoms with E-state index in [0.717, 1.165) is 17.9 Å². The van der Waals surface area contributed by atoms with E-state index in [1.807, 2.05) is 17.7 Å². The highest BCUT2D eigenvalue weighted by molar-refractivity contribution is 5.25. The van der Waals surface area contributed by atoms with Crippen LogP contribution in [0.3, 0.4) is 0 Å². The van der Waals surface area contributed by atoms with Gasteiger partial charge in [0.2, 0.25) is 0 Å². The molecule has 1 heterocycles. The Morgan fingerprint density at radius 3 is 2.71 bits per heavy atom. The molecule has 3 N–H and O–H groups in total. The lowest BCUT2D eigenvalue weighted by Gasteiger charge is -2.17. The number of halogens is 1. The summed E-state index contributed by atoms with van der Waals surface area (Å²) in [5.41, 5.74) is 3.59. The van der Waals surface area contributed by atoms with E-state index < -0.39 is 0 Å². The zero-order chi connectivity index (χ0) is 12.3. The van der Waals surface area contributed by atoms with E-state index in [1.165, 1.54) is 12.1 Å². The summed E-state index contributed by atoms with van der Waals surface area (Å²) in [6, 6.07) is 6.01. The van der Waals surface area contributed by atoms with Crippen molar-refractivity contribution in [2.24, 2.45) is 5.84 Å². The van der Waals surface area contributed by atoms with Crippen molar-refractivity contribution >= 4 is 0 Å². The number of imidazole rings is 1. The Labute approximate surface area is 99.2 Å². The normalized spacial score (nSPS) is 12.6. The molecule has 2 rings (SSSR count). The van der Waals surface area contributed by atoms with Crippen molar-refractivity contribution in [3.8, 4) is 0 Å². The van der Waals surface area contributed by atoms with Crippen LogP contribution in [0.15, 0.2) is 36.7 Å². The molecule has 1 atom stereocenters. The number of nitrogens with two attached hydrogens (primary N) is 1. The molecule has 1 unspecified atom stereocenters. The van der Waals surface area contributed by atoms with Crippen molar-refractivity contribution in [1.82, 2.24) is 15.0 Å². The van der Waals surface area contributed by atoms with Crippen molar-refractivity contribution in [3.63, 3.8) is 0 Å². The summed E-state index contributed by atoms with van der Waals surface area (Å²) in [6.45, 7) is 2.85. The molecular formula is C12H15FN4. The third-order valence-corrected chi connectivity index (χ3v) is 2.72. The fourth-order valence-electron chi connectivity index (χ4n) is 1.82. The number of aromatic nitrogens is 2. The number of nitrogens with zero attached hydrogens (tertiary/aromatic N) is 2. The monoisotopic (exact) mass is 234 g/mol. The summed E-state index contributed by atoms with van der Waals surface area (Å²) >= 11 is 0. The summed E-state index contributed by atoms with van der Waals surface area (Å²) < 4.78 is 14.9. The van der Waals surface area contributed by atoms with Crippen molar-refractivity contribution < 1.29 is 4.39 Å². The van der Waals surface area contributed by atoms with Crippen LogP contribution in [0.1, 0.15) is 24.4 Å². The molecule has 2 aromatic rings. The maximum absolute atomic E-state index is 12.9. The lowest BCUT2D eigenvalue weighted by molar-refractivity contribution is 0.558. The maximum Gasteiger partial charge on any atom is 0.131 e. The summed E-state index contributed by atoms with van der Waals surface area (Å²) in [5, 5.41) is 0. The van der Waals surface area contributed by atoms with Gasteiger partial charge in [-0.05, 0) is 24.6 Å². The van der Waals surface area contributed by atoms with Crippen LogP contribution in [0.2, 0.25) is 0 Å². The fraction of sp³-hybridized carbons (Fsp3) is 0.250.